The Hall–Kier alpha value is -1.77. The summed E-state index contributed by atoms with van der Waals surface area (Å²) in [5.74, 6) is 0.816. The van der Waals surface area contributed by atoms with Gasteiger partial charge in [0.25, 0.3) is 0 Å². The zero-order valence-corrected chi connectivity index (χ0v) is 14.3. The van der Waals surface area contributed by atoms with Crippen LogP contribution in [0.25, 0.3) is 0 Å². The van der Waals surface area contributed by atoms with Crippen molar-refractivity contribution in [2.45, 2.75) is 64.9 Å². The van der Waals surface area contributed by atoms with Crippen LogP contribution >= 0.6 is 0 Å². The molecule has 122 valence electrons. The minimum atomic E-state index is -0.278. The number of phenols is 1. The Kier molecular flexibility index (Phi) is 2.83. The maximum absolute atomic E-state index is 12.8. The predicted molar refractivity (Wildman–Crippen MR) is 89.3 cm³/mol. The predicted octanol–water partition coefficient (Wildman–Crippen LogP) is 4.31. The number of benzene rings is 1. The van der Waals surface area contributed by atoms with Crippen molar-refractivity contribution in [1.29, 1.82) is 0 Å². The highest BCUT2D eigenvalue weighted by Crippen LogP contribution is 2.58. The molecule has 0 radical (unpaired) electrons. The highest BCUT2D eigenvalue weighted by Gasteiger charge is 2.49. The number of fused-ring (bicyclic) bond motifs is 4. The molecule has 0 amide bonds. The number of carbonyl (C=O) groups excluding carboxylic acids is 1. The fraction of sp³-hybridized carbons (Fsp3) is 0.550. The molecule has 2 aliphatic carbocycles. The van der Waals surface area contributed by atoms with Gasteiger partial charge >= 0.3 is 0 Å². The van der Waals surface area contributed by atoms with E-state index in [-0.39, 0.29) is 28.5 Å². The third-order valence-corrected chi connectivity index (χ3v) is 6.05. The molecule has 3 nitrogen and oxygen atoms in total. The lowest BCUT2D eigenvalue weighted by Crippen LogP contribution is -2.41. The van der Waals surface area contributed by atoms with Crippen LogP contribution < -0.4 is 4.74 Å². The lowest BCUT2D eigenvalue weighted by atomic mass is 9.55. The molecule has 1 N–H and O–H groups in total. The second-order valence-corrected chi connectivity index (χ2v) is 8.26. The summed E-state index contributed by atoms with van der Waals surface area (Å²) < 4.78 is 5.83. The molecular formula is C20H24O3. The summed E-state index contributed by atoms with van der Waals surface area (Å²) in [6.45, 7) is 8.58. The number of rotatable bonds is 0. The molecule has 1 heterocycles. The molecule has 2 atom stereocenters. The molecule has 0 saturated heterocycles. The number of hydrogen-bond acceptors (Lipinski definition) is 3. The Morgan fingerprint density at radius 3 is 2.74 bits per heavy atom. The maximum Gasteiger partial charge on any atom is 0.186 e. The summed E-state index contributed by atoms with van der Waals surface area (Å²) in [6.07, 6.45) is 5.79. The van der Waals surface area contributed by atoms with Gasteiger partial charge < -0.3 is 9.84 Å². The third kappa shape index (κ3) is 1.85. The van der Waals surface area contributed by atoms with E-state index in [2.05, 4.69) is 20.8 Å². The average molecular weight is 312 g/mol. The molecule has 3 aliphatic rings. The van der Waals surface area contributed by atoms with Gasteiger partial charge in [-0.05, 0) is 37.3 Å². The molecule has 1 aromatic carbocycles. The molecule has 0 spiro atoms. The lowest BCUT2D eigenvalue weighted by Gasteiger charge is -2.48. The summed E-state index contributed by atoms with van der Waals surface area (Å²) in [5, 5.41) is 11.0. The molecule has 1 saturated carbocycles. The SMILES string of the molecule is C[C@@H]1Cc2cc3c(c(O)c2O1)[C@@]1(C)CCCC(C)(C)C1=CC3=O. The second kappa shape index (κ2) is 4.40. The summed E-state index contributed by atoms with van der Waals surface area (Å²) in [6, 6.07) is 1.95. The van der Waals surface area contributed by atoms with Crippen LogP contribution in [-0.2, 0) is 11.8 Å². The number of aromatic hydroxyl groups is 1. The Bertz CT molecular complexity index is 757. The second-order valence-electron chi connectivity index (χ2n) is 8.26. The van der Waals surface area contributed by atoms with Crippen LogP contribution in [0.2, 0.25) is 0 Å². The summed E-state index contributed by atoms with van der Waals surface area (Å²) in [5.41, 5.74) is 3.29. The Labute approximate surface area is 137 Å². The summed E-state index contributed by atoms with van der Waals surface area (Å²) >= 11 is 0. The lowest BCUT2D eigenvalue weighted by molar-refractivity contribution is 0.102. The van der Waals surface area contributed by atoms with Gasteiger partial charge in [0.2, 0.25) is 0 Å². The normalized spacial score (nSPS) is 30.9. The smallest absolute Gasteiger partial charge is 0.186 e. The van der Waals surface area contributed by atoms with Gasteiger partial charge in [0.1, 0.15) is 6.10 Å². The first-order chi connectivity index (χ1) is 10.7. The highest BCUT2D eigenvalue weighted by atomic mass is 16.5. The van der Waals surface area contributed by atoms with Crippen molar-refractivity contribution in [3.63, 3.8) is 0 Å². The third-order valence-electron chi connectivity index (χ3n) is 6.05. The van der Waals surface area contributed by atoms with E-state index in [1.54, 1.807) is 0 Å². The Morgan fingerprint density at radius 2 is 2.00 bits per heavy atom. The molecular weight excluding hydrogens is 288 g/mol. The fourth-order valence-corrected chi connectivity index (χ4v) is 5.02. The molecule has 0 bridgehead atoms. The van der Waals surface area contributed by atoms with E-state index in [0.29, 0.717) is 11.3 Å². The largest absolute Gasteiger partial charge is 0.504 e. The maximum atomic E-state index is 12.8. The molecule has 1 aliphatic heterocycles. The van der Waals surface area contributed by atoms with Gasteiger partial charge in [0.05, 0.1) is 0 Å². The van der Waals surface area contributed by atoms with E-state index in [0.717, 1.165) is 42.4 Å². The van der Waals surface area contributed by atoms with Crippen LogP contribution in [0.5, 0.6) is 11.5 Å². The van der Waals surface area contributed by atoms with Crippen molar-refractivity contribution < 1.29 is 14.6 Å². The van der Waals surface area contributed by atoms with Gasteiger partial charge in [0, 0.05) is 28.5 Å². The van der Waals surface area contributed by atoms with E-state index >= 15 is 0 Å². The molecule has 0 unspecified atom stereocenters. The van der Waals surface area contributed by atoms with Crippen molar-refractivity contribution in [2.75, 3.05) is 0 Å². The fourth-order valence-electron chi connectivity index (χ4n) is 5.02. The number of ketones is 1. The summed E-state index contributed by atoms with van der Waals surface area (Å²) in [7, 11) is 0. The van der Waals surface area contributed by atoms with Gasteiger partial charge in [-0.25, -0.2) is 0 Å². The molecule has 1 fully saturated rings. The average Bonchev–Trinajstić information content (AvgIpc) is 2.82. The minimum Gasteiger partial charge on any atom is -0.504 e. The van der Waals surface area contributed by atoms with Crippen LogP contribution in [0.15, 0.2) is 17.7 Å². The zero-order chi connectivity index (χ0) is 16.6. The van der Waals surface area contributed by atoms with Crippen molar-refractivity contribution in [3.05, 3.63) is 34.4 Å². The van der Waals surface area contributed by atoms with Crippen LogP contribution in [0.1, 0.15) is 68.4 Å². The van der Waals surface area contributed by atoms with Crippen molar-refractivity contribution in [3.8, 4) is 11.5 Å². The topological polar surface area (TPSA) is 46.5 Å². The van der Waals surface area contributed by atoms with E-state index < -0.39 is 0 Å². The van der Waals surface area contributed by atoms with Crippen LogP contribution in [-0.4, -0.2) is 17.0 Å². The number of ether oxygens (including phenoxy) is 1. The first-order valence-corrected chi connectivity index (χ1v) is 8.57. The van der Waals surface area contributed by atoms with Gasteiger partial charge in [0.15, 0.2) is 17.3 Å². The molecule has 1 aromatic rings. The first kappa shape index (κ1) is 14.8. The number of phenolic OH excluding ortho intramolecular Hbond substituents is 1. The molecule has 4 rings (SSSR count). The van der Waals surface area contributed by atoms with Crippen LogP contribution in [0.3, 0.4) is 0 Å². The van der Waals surface area contributed by atoms with E-state index in [1.165, 1.54) is 0 Å². The van der Waals surface area contributed by atoms with E-state index in [1.807, 2.05) is 19.1 Å². The van der Waals surface area contributed by atoms with Gasteiger partial charge in [-0.3, -0.25) is 4.79 Å². The molecule has 23 heavy (non-hydrogen) atoms. The number of carbonyl (C=O) groups is 1. The first-order valence-electron chi connectivity index (χ1n) is 8.57. The monoisotopic (exact) mass is 312 g/mol. The minimum absolute atomic E-state index is 0.0139. The standard InChI is InChI=1S/C20H24O3/c1-11-8-12-9-13-14(21)10-15-19(2,3)6-5-7-20(15,4)16(13)17(22)18(12)23-11/h9-11,22H,5-8H2,1-4H3/t11-,20+/m1/s1. The van der Waals surface area contributed by atoms with Crippen molar-refractivity contribution >= 4 is 5.78 Å². The van der Waals surface area contributed by atoms with E-state index in [9.17, 15) is 9.90 Å². The number of hydrogen-bond donors (Lipinski definition) is 1. The highest BCUT2D eigenvalue weighted by molar-refractivity contribution is 6.09. The summed E-state index contributed by atoms with van der Waals surface area (Å²) in [4.78, 5) is 12.8. The van der Waals surface area contributed by atoms with Crippen LogP contribution in [0, 0.1) is 5.41 Å². The number of allylic oxidation sites excluding steroid dienone is 2. The Morgan fingerprint density at radius 1 is 1.26 bits per heavy atom. The van der Waals surface area contributed by atoms with Gasteiger partial charge in [-0.15, -0.1) is 0 Å². The van der Waals surface area contributed by atoms with Crippen molar-refractivity contribution in [2.24, 2.45) is 5.41 Å². The van der Waals surface area contributed by atoms with Gasteiger partial charge in [-0.2, -0.15) is 0 Å². The Balaban J connectivity index is 1.99. The van der Waals surface area contributed by atoms with Crippen molar-refractivity contribution in [1.82, 2.24) is 0 Å². The molecule has 3 heteroatoms. The quantitative estimate of drug-likeness (QED) is 0.776. The van der Waals surface area contributed by atoms with Gasteiger partial charge in [-0.1, -0.05) is 32.8 Å². The zero-order valence-electron chi connectivity index (χ0n) is 14.3. The molecule has 0 aromatic heterocycles. The van der Waals surface area contributed by atoms with Crippen LogP contribution in [0.4, 0.5) is 0 Å². The van der Waals surface area contributed by atoms with E-state index in [4.69, 9.17) is 4.74 Å².